The molecule has 20 heavy (non-hydrogen) atoms. The summed E-state index contributed by atoms with van der Waals surface area (Å²) in [6.45, 7) is 4.56. The average Bonchev–Trinajstić information content (AvgIpc) is 2.52. The summed E-state index contributed by atoms with van der Waals surface area (Å²) in [5.41, 5.74) is 2.46. The number of ether oxygens (including phenoxy) is 2. The SMILES string of the molecule is CCNCc1cccc(COc2ccc(OC)cc2)c1. The summed E-state index contributed by atoms with van der Waals surface area (Å²) in [5, 5.41) is 3.32. The van der Waals surface area contributed by atoms with E-state index in [2.05, 4.69) is 36.5 Å². The Morgan fingerprint density at radius 1 is 0.950 bits per heavy atom. The van der Waals surface area contributed by atoms with Crippen LogP contribution in [0.1, 0.15) is 18.1 Å². The standard InChI is InChI=1S/C17H21NO2/c1-3-18-12-14-5-4-6-15(11-14)13-20-17-9-7-16(19-2)8-10-17/h4-11,18H,3,12-13H2,1-2H3. The van der Waals surface area contributed by atoms with Crippen LogP contribution in [-0.4, -0.2) is 13.7 Å². The van der Waals surface area contributed by atoms with E-state index in [1.54, 1.807) is 7.11 Å². The molecule has 0 atom stereocenters. The second-order valence-electron chi connectivity index (χ2n) is 4.56. The van der Waals surface area contributed by atoms with Crippen LogP contribution in [0.4, 0.5) is 0 Å². The third kappa shape index (κ3) is 4.28. The number of methoxy groups -OCH3 is 1. The molecule has 0 aliphatic heterocycles. The molecule has 2 aromatic rings. The lowest BCUT2D eigenvalue weighted by Gasteiger charge is -2.09. The van der Waals surface area contributed by atoms with Crippen LogP contribution in [0.5, 0.6) is 11.5 Å². The van der Waals surface area contributed by atoms with Crippen LogP contribution in [-0.2, 0) is 13.2 Å². The minimum absolute atomic E-state index is 0.576. The van der Waals surface area contributed by atoms with Crippen molar-refractivity contribution in [3.05, 3.63) is 59.7 Å². The van der Waals surface area contributed by atoms with Crippen molar-refractivity contribution in [2.75, 3.05) is 13.7 Å². The zero-order valence-corrected chi connectivity index (χ0v) is 12.1. The smallest absolute Gasteiger partial charge is 0.120 e. The van der Waals surface area contributed by atoms with Gasteiger partial charge >= 0.3 is 0 Å². The van der Waals surface area contributed by atoms with Gasteiger partial charge in [0.15, 0.2) is 0 Å². The molecule has 0 heterocycles. The quantitative estimate of drug-likeness (QED) is 0.837. The molecule has 0 radical (unpaired) electrons. The van der Waals surface area contributed by atoms with E-state index in [0.29, 0.717) is 6.61 Å². The van der Waals surface area contributed by atoms with Crippen molar-refractivity contribution in [3.8, 4) is 11.5 Å². The molecule has 2 aromatic carbocycles. The second kappa shape index (κ2) is 7.56. The summed E-state index contributed by atoms with van der Waals surface area (Å²) < 4.78 is 10.9. The van der Waals surface area contributed by atoms with Gasteiger partial charge in [-0.1, -0.05) is 31.2 Å². The fourth-order valence-electron chi connectivity index (χ4n) is 1.94. The Morgan fingerprint density at radius 2 is 1.65 bits per heavy atom. The molecule has 2 rings (SSSR count). The molecule has 0 aliphatic rings. The van der Waals surface area contributed by atoms with E-state index in [0.717, 1.165) is 24.6 Å². The monoisotopic (exact) mass is 271 g/mol. The van der Waals surface area contributed by atoms with E-state index in [4.69, 9.17) is 9.47 Å². The van der Waals surface area contributed by atoms with Crippen molar-refractivity contribution in [1.29, 1.82) is 0 Å². The molecule has 3 nitrogen and oxygen atoms in total. The molecular formula is C17H21NO2. The maximum Gasteiger partial charge on any atom is 0.120 e. The van der Waals surface area contributed by atoms with Crippen molar-refractivity contribution in [3.63, 3.8) is 0 Å². The van der Waals surface area contributed by atoms with Crippen molar-refractivity contribution >= 4 is 0 Å². The van der Waals surface area contributed by atoms with E-state index in [1.807, 2.05) is 24.3 Å². The third-order valence-corrected chi connectivity index (χ3v) is 3.04. The highest BCUT2D eigenvalue weighted by Gasteiger charge is 1.99. The average molecular weight is 271 g/mol. The largest absolute Gasteiger partial charge is 0.497 e. The fourth-order valence-corrected chi connectivity index (χ4v) is 1.94. The van der Waals surface area contributed by atoms with Gasteiger partial charge in [-0.3, -0.25) is 0 Å². The first-order valence-corrected chi connectivity index (χ1v) is 6.87. The van der Waals surface area contributed by atoms with Crippen molar-refractivity contribution in [2.45, 2.75) is 20.1 Å². The highest BCUT2D eigenvalue weighted by molar-refractivity contribution is 5.31. The number of benzene rings is 2. The Labute approximate surface area is 120 Å². The normalized spacial score (nSPS) is 10.3. The lowest BCUT2D eigenvalue weighted by molar-refractivity contribution is 0.305. The Kier molecular flexibility index (Phi) is 5.44. The molecule has 0 bridgehead atoms. The van der Waals surface area contributed by atoms with Crippen molar-refractivity contribution in [1.82, 2.24) is 5.32 Å². The van der Waals surface area contributed by atoms with Gasteiger partial charge in [-0.25, -0.2) is 0 Å². The van der Waals surface area contributed by atoms with Gasteiger partial charge in [0.1, 0.15) is 18.1 Å². The highest BCUT2D eigenvalue weighted by Crippen LogP contribution is 2.18. The van der Waals surface area contributed by atoms with Crippen LogP contribution in [0.2, 0.25) is 0 Å². The van der Waals surface area contributed by atoms with E-state index < -0.39 is 0 Å². The van der Waals surface area contributed by atoms with E-state index >= 15 is 0 Å². The van der Waals surface area contributed by atoms with Gasteiger partial charge in [0.2, 0.25) is 0 Å². The predicted octanol–water partition coefficient (Wildman–Crippen LogP) is 3.38. The van der Waals surface area contributed by atoms with Gasteiger partial charge in [0.25, 0.3) is 0 Å². The van der Waals surface area contributed by atoms with Crippen molar-refractivity contribution < 1.29 is 9.47 Å². The Morgan fingerprint density at radius 3 is 2.35 bits per heavy atom. The van der Waals surface area contributed by atoms with Crippen LogP contribution >= 0.6 is 0 Å². The van der Waals surface area contributed by atoms with E-state index in [-0.39, 0.29) is 0 Å². The summed E-state index contributed by atoms with van der Waals surface area (Å²) in [7, 11) is 1.66. The van der Waals surface area contributed by atoms with Crippen LogP contribution in [0.25, 0.3) is 0 Å². The summed E-state index contributed by atoms with van der Waals surface area (Å²) in [5.74, 6) is 1.69. The first-order chi connectivity index (χ1) is 9.81. The molecule has 3 heteroatoms. The second-order valence-corrected chi connectivity index (χ2v) is 4.56. The number of rotatable bonds is 7. The highest BCUT2D eigenvalue weighted by atomic mass is 16.5. The molecule has 0 aliphatic carbocycles. The van der Waals surface area contributed by atoms with Crippen molar-refractivity contribution in [2.24, 2.45) is 0 Å². The maximum atomic E-state index is 5.78. The topological polar surface area (TPSA) is 30.5 Å². The zero-order chi connectivity index (χ0) is 14.2. The van der Waals surface area contributed by atoms with E-state index in [9.17, 15) is 0 Å². The first-order valence-electron chi connectivity index (χ1n) is 6.87. The van der Waals surface area contributed by atoms with Gasteiger partial charge < -0.3 is 14.8 Å². The Bertz CT molecular complexity index is 523. The van der Waals surface area contributed by atoms with E-state index in [1.165, 1.54) is 11.1 Å². The number of hydrogen-bond donors (Lipinski definition) is 1. The Balaban J connectivity index is 1.92. The molecule has 1 N–H and O–H groups in total. The predicted molar refractivity (Wildman–Crippen MR) is 81.1 cm³/mol. The number of hydrogen-bond acceptors (Lipinski definition) is 3. The minimum atomic E-state index is 0.576. The molecule has 0 unspecified atom stereocenters. The summed E-state index contributed by atoms with van der Waals surface area (Å²) in [6.07, 6.45) is 0. The lowest BCUT2D eigenvalue weighted by atomic mass is 10.1. The first kappa shape index (κ1) is 14.4. The van der Waals surface area contributed by atoms with Gasteiger partial charge in [0.05, 0.1) is 7.11 Å². The summed E-state index contributed by atoms with van der Waals surface area (Å²) >= 11 is 0. The summed E-state index contributed by atoms with van der Waals surface area (Å²) in [6, 6.07) is 16.1. The van der Waals surface area contributed by atoms with Crippen LogP contribution in [0, 0.1) is 0 Å². The fraction of sp³-hybridized carbons (Fsp3) is 0.294. The molecular weight excluding hydrogens is 250 g/mol. The van der Waals surface area contributed by atoms with Gasteiger partial charge in [0, 0.05) is 6.54 Å². The van der Waals surface area contributed by atoms with Gasteiger partial charge in [-0.15, -0.1) is 0 Å². The maximum absolute atomic E-state index is 5.78. The summed E-state index contributed by atoms with van der Waals surface area (Å²) in [4.78, 5) is 0. The Hall–Kier alpha value is -2.00. The minimum Gasteiger partial charge on any atom is -0.497 e. The van der Waals surface area contributed by atoms with Gasteiger partial charge in [-0.2, -0.15) is 0 Å². The molecule has 0 saturated carbocycles. The number of nitrogens with one attached hydrogen (secondary N) is 1. The molecule has 0 spiro atoms. The van der Waals surface area contributed by atoms with Gasteiger partial charge in [-0.05, 0) is 41.9 Å². The van der Waals surface area contributed by atoms with Crippen LogP contribution in [0.3, 0.4) is 0 Å². The van der Waals surface area contributed by atoms with Crippen LogP contribution < -0.4 is 14.8 Å². The molecule has 106 valence electrons. The third-order valence-electron chi connectivity index (χ3n) is 3.04. The molecule has 0 saturated heterocycles. The molecule has 0 aromatic heterocycles. The zero-order valence-electron chi connectivity index (χ0n) is 12.1. The lowest BCUT2D eigenvalue weighted by Crippen LogP contribution is -2.11. The van der Waals surface area contributed by atoms with Crippen LogP contribution in [0.15, 0.2) is 48.5 Å². The molecule has 0 fully saturated rings. The molecule has 0 amide bonds.